The van der Waals surface area contributed by atoms with Gasteiger partial charge in [-0.15, -0.1) is 0 Å². The van der Waals surface area contributed by atoms with Crippen LogP contribution in [0.2, 0.25) is 0 Å². The van der Waals surface area contributed by atoms with Gasteiger partial charge in [-0.05, 0) is 98.9 Å². The molecule has 1 saturated heterocycles. The van der Waals surface area contributed by atoms with Crippen molar-refractivity contribution in [2.45, 2.75) is 72.5 Å². The highest BCUT2D eigenvalue weighted by Gasteiger charge is 2.51. The van der Waals surface area contributed by atoms with Crippen molar-refractivity contribution in [1.82, 2.24) is 0 Å². The van der Waals surface area contributed by atoms with Crippen LogP contribution in [0.5, 0.6) is 0 Å². The highest BCUT2D eigenvalue weighted by Crippen LogP contribution is 2.38. The first kappa shape index (κ1) is 18.2. The van der Waals surface area contributed by atoms with Gasteiger partial charge in [0.1, 0.15) is 0 Å². The van der Waals surface area contributed by atoms with Crippen molar-refractivity contribution in [3.8, 4) is 0 Å². The van der Waals surface area contributed by atoms with E-state index in [0.717, 1.165) is 6.32 Å². The van der Waals surface area contributed by atoms with E-state index in [1.807, 2.05) is 0 Å². The van der Waals surface area contributed by atoms with E-state index in [4.69, 9.17) is 15.0 Å². The number of halogens is 1. The zero-order valence-corrected chi connectivity index (χ0v) is 16.9. The van der Waals surface area contributed by atoms with Crippen LogP contribution < -0.4 is 5.73 Å². The van der Waals surface area contributed by atoms with Gasteiger partial charge < -0.3 is 15.0 Å². The first-order valence-corrected chi connectivity index (χ1v) is 8.92. The minimum absolute atomic E-state index is 0.202. The van der Waals surface area contributed by atoms with Gasteiger partial charge >= 0.3 is 7.12 Å². The Hall–Kier alpha value is -0.105. The van der Waals surface area contributed by atoms with E-state index in [1.54, 1.807) is 0 Å². The molecule has 0 radical (unpaired) electrons. The summed E-state index contributed by atoms with van der Waals surface area (Å²) in [6.07, 6.45) is 0.772. The molecule has 1 aromatic carbocycles. The van der Waals surface area contributed by atoms with E-state index in [1.165, 1.54) is 31.4 Å². The minimum atomic E-state index is -0.284. The van der Waals surface area contributed by atoms with Crippen molar-refractivity contribution in [2.75, 3.05) is 0 Å². The number of benzene rings is 1. The molecule has 2 N–H and O–H groups in total. The quantitative estimate of drug-likeness (QED) is 0.603. The predicted octanol–water partition coefficient (Wildman–Crippen LogP) is 3.85. The maximum absolute atomic E-state index is 6.17. The van der Waals surface area contributed by atoms with E-state index in [2.05, 4.69) is 71.1 Å². The van der Waals surface area contributed by atoms with Gasteiger partial charge in [-0.3, -0.25) is 0 Å². The van der Waals surface area contributed by atoms with Gasteiger partial charge in [0.05, 0.1) is 11.2 Å². The zero-order valence-electron chi connectivity index (χ0n) is 14.8. The summed E-state index contributed by atoms with van der Waals surface area (Å²) in [7, 11) is -0.202. The topological polar surface area (TPSA) is 44.5 Å². The van der Waals surface area contributed by atoms with Crippen LogP contribution >= 0.6 is 22.6 Å². The Labute approximate surface area is 148 Å². The third-order valence-corrected chi connectivity index (χ3v) is 6.96. The molecule has 0 aromatic heterocycles. The lowest BCUT2D eigenvalue weighted by molar-refractivity contribution is 0.00578. The van der Waals surface area contributed by atoms with Crippen LogP contribution in [0.4, 0.5) is 0 Å². The Morgan fingerprint density at radius 3 is 1.82 bits per heavy atom. The molecular formula is C17H27BINO2. The van der Waals surface area contributed by atoms with E-state index < -0.39 is 0 Å². The summed E-state index contributed by atoms with van der Waals surface area (Å²) in [6, 6.07) is 0. The third-order valence-electron chi connectivity index (χ3n) is 5.35. The van der Waals surface area contributed by atoms with Crippen LogP contribution in [0.3, 0.4) is 0 Å². The average molecular weight is 415 g/mol. The fourth-order valence-corrected chi connectivity index (χ4v) is 3.77. The van der Waals surface area contributed by atoms with Gasteiger partial charge in [-0.1, -0.05) is 0 Å². The lowest BCUT2D eigenvalue weighted by Gasteiger charge is -2.32. The van der Waals surface area contributed by atoms with E-state index >= 15 is 0 Å². The van der Waals surface area contributed by atoms with Gasteiger partial charge in [-0.25, -0.2) is 0 Å². The first-order chi connectivity index (χ1) is 10.0. The highest BCUT2D eigenvalue weighted by molar-refractivity contribution is 14.1. The van der Waals surface area contributed by atoms with Crippen LogP contribution in [0, 0.1) is 24.3 Å². The molecule has 0 unspecified atom stereocenters. The summed E-state index contributed by atoms with van der Waals surface area (Å²) < 4.78 is 13.6. The molecule has 1 fully saturated rings. The second-order valence-corrected chi connectivity index (χ2v) is 8.32. The Kier molecular flexibility index (Phi) is 5.04. The number of rotatable bonds is 3. The second-order valence-electron chi connectivity index (χ2n) is 7.24. The van der Waals surface area contributed by atoms with E-state index in [-0.39, 0.29) is 18.3 Å². The summed E-state index contributed by atoms with van der Waals surface area (Å²) in [6.45, 7) is 15.5. The van der Waals surface area contributed by atoms with Crippen LogP contribution in [0.25, 0.3) is 0 Å². The fourth-order valence-electron chi connectivity index (χ4n) is 3.12. The summed E-state index contributed by atoms with van der Waals surface area (Å²) in [5, 5.41) is 0. The summed E-state index contributed by atoms with van der Waals surface area (Å²) in [5.74, 6) is 0. The maximum Gasteiger partial charge on any atom is 0.462 e. The lowest BCUT2D eigenvalue weighted by atomic mass is 9.76. The zero-order chi connectivity index (χ0) is 16.9. The Bertz CT molecular complexity index is 583. The predicted molar refractivity (Wildman–Crippen MR) is 101 cm³/mol. The van der Waals surface area contributed by atoms with Crippen molar-refractivity contribution in [1.29, 1.82) is 0 Å². The molecule has 5 heteroatoms. The molecule has 0 aliphatic carbocycles. The molecule has 0 bridgehead atoms. The van der Waals surface area contributed by atoms with Crippen molar-refractivity contribution in [2.24, 2.45) is 5.73 Å². The maximum atomic E-state index is 6.17. The molecule has 0 atom stereocenters. The number of hydrogen-bond acceptors (Lipinski definition) is 3. The van der Waals surface area contributed by atoms with Gasteiger partial charge in [0.2, 0.25) is 0 Å². The standard InChI is InChI=1S/C17H27BINO2/c1-10-13(11(2)15(19)12(3)14(10)9-20)8-18-21-16(4,5)17(6,7)22-18/h8-9,20H2,1-7H3. The van der Waals surface area contributed by atoms with Crippen LogP contribution in [-0.4, -0.2) is 18.3 Å². The largest absolute Gasteiger partial charge is 0.462 e. The molecule has 0 saturated carbocycles. The second kappa shape index (κ2) is 6.08. The third kappa shape index (κ3) is 2.97. The Morgan fingerprint density at radius 1 is 0.909 bits per heavy atom. The smallest absolute Gasteiger partial charge is 0.403 e. The summed E-state index contributed by atoms with van der Waals surface area (Å²) >= 11 is 2.42. The molecule has 1 aliphatic heterocycles. The molecule has 22 heavy (non-hydrogen) atoms. The SMILES string of the molecule is Cc1c(I)c(C)c(CB2OC(C)(C)C(C)(C)O2)c(C)c1CN. The normalized spacial score (nSPS) is 19.8. The average Bonchev–Trinajstić information content (AvgIpc) is 2.61. The molecule has 0 spiro atoms. The molecule has 1 heterocycles. The molecule has 1 aliphatic rings. The fraction of sp³-hybridized carbons (Fsp3) is 0.647. The number of nitrogens with two attached hydrogens (primary N) is 1. The van der Waals surface area contributed by atoms with Crippen LogP contribution in [-0.2, 0) is 22.2 Å². The Morgan fingerprint density at radius 2 is 1.36 bits per heavy atom. The summed E-state index contributed by atoms with van der Waals surface area (Å²) in [5.41, 5.74) is 11.9. The highest BCUT2D eigenvalue weighted by atomic mass is 127. The van der Waals surface area contributed by atoms with Crippen molar-refractivity contribution >= 4 is 29.7 Å². The van der Waals surface area contributed by atoms with Crippen LogP contribution in [0.15, 0.2) is 0 Å². The van der Waals surface area contributed by atoms with Crippen LogP contribution in [0.1, 0.15) is 55.5 Å². The van der Waals surface area contributed by atoms with Gasteiger partial charge in [0.25, 0.3) is 0 Å². The summed E-state index contributed by atoms with van der Waals surface area (Å²) in [4.78, 5) is 0. The molecular weight excluding hydrogens is 388 g/mol. The Balaban J connectivity index is 2.38. The molecule has 3 nitrogen and oxygen atoms in total. The molecule has 1 aromatic rings. The lowest BCUT2D eigenvalue weighted by Crippen LogP contribution is -2.41. The van der Waals surface area contributed by atoms with Gasteiger partial charge in [-0.2, -0.15) is 0 Å². The minimum Gasteiger partial charge on any atom is -0.403 e. The van der Waals surface area contributed by atoms with E-state index in [0.29, 0.717) is 6.54 Å². The van der Waals surface area contributed by atoms with Gasteiger partial charge in [0, 0.05) is 16.4 Å². The van der Waals surface area contributed by atoms with Crippen molar-refractivity contribution in [3.63, 3.8) is 0 Å². The monoisotopic (exact) mass is 415 g/mol. The molecule has 2 rings (SSSR count). The van der Waals surface area contributed by atoms with E-state index in [9.17, 15) is 0 Å². The van der Waals surface area contributed by atoms with Gasteiger partial charge in [0.15, 0.2) is 0 Å². The molecule has 0 amide bonds. The first-order valence-electron chi connectivity index (χ1n) is 7.84. The van der Waals surface area contributed by atoms with Crippen molar-refractivity contribution in [3.05, 3.63) is 31.4 Å². The number of hydrogen-bond donors (Lipinski definition) is 1. The molecule has 122 valence electrons. The van der Waals surface area contributed by atoms with Crippen molar-refractivity contribution < 1.29 is 9.31 Å².